The lowest BCUT2D eigenvalue weighted by atomic mass is 10.2. The first-order chi connectivity index (χ1) is 8.58. The zero-order valence-corrected chi connectivity index (χ0v) is 10.8. The van der Waals surface area contributed by atoms with Crippen LogP contribution in [0.2, 0.25) is 10.0 Å². The Hall–Kier alpha value is -1.66. The molecule has 0 bridgehead atoms. The molecule has 0 fully saturated rings. The molecule has 1 amide bonds. The van der Waals surface area contributed by atoms with Crippen LogP contribution in [0.25, 0.3) is 0 Å². The van der Waals surface area contributed by atoms with Crippen LogP contribution in [0.1, 0.15) is 29.1 Å². The molecule has 0 radical (unpaired) electrons. The van der Waals surface area contributed by atoms with E-state index in [9.17, 15) is 4.79 Å². The summed E-state index contributed by atoms with van der Waals surface area (Å²) in [6, 6.07) is 4.30. The van der Waals surface area contributed by atoms with Gasteiger partial charge in [0.25, 0.3) is 5.91 Å². The first-order valence-electron chi connectivity index (χ1n) is 5.07. The number of carbonyl (C=O) groups is 1. The molecule has 8 heteroatoms. The molecule has 0 saturated carbocycles. The number of carbonyl (C=O) groups excluding carboxylic acids is 1. The molecule has 2 N–H and O–H groups in total. The Kier molecular flexibility index (Phi) is 3.78. The molecule has 1 atom stereocenters. The van der Waals surface area contributed by atoms with Crippen molar-refractivity contribution < 1.29 is 4.79 Å². The highest BCUT2D eigenvalue weighted by molar-refractivity contribution is 6.36. The summed E-state index contributed by atoms with van der Waals surface area (Å²) in [6.07, 6.45) is 0. The highest BCUT2D eigenvalue weighted by atomic mass is 35.5. The van der Waals surface area contributed by atoms with Crippen molar-refractivity contribution in [2.45, 2.75) is 13.0 Å². The zero-order chi connectivity index (χ0) is 13.1. The standard InChI is InChI=1S/C10H9Cl2N5O/c1-5(9-14-16-17-15-9)13-10(18)7-3-2-6(11)4-8(7)12/h2-5H,1H3,(H,13,18)(H,14,15,16,17). The number of amides is 1. The van der Waals surface area contributed by atoms with Crippen LogP contribution in [0, 0.1) is 0 Å². The van der Waals surface area contributed by atoms with Crippen LogP contribution in [-0.2, 0) is 0 Å². The molecule has 0 saturated heterocycles. The third-order valence-corrected chi connectivity index (χ3v) is 2.82. The first-order valence-corrected chi connectivity index (χ1v) is 5.83. The molecule has 0 aliphatic carbocycles. The van der Waals surface area contributed by atoms with Gasteiger partial charge in [0.1, 0.15) is 0 Å². The molecule has 2 aromatic rings. The van der Waals surface area contributed by atoms with Crippen molar-refractivity contribution >= 4 is 29.1 Å². The normalized spacial score (nSPS) is 12.2. The number of hydrogen-bond acceptors (Lipinski definition) is 4. The number of H-pyrrole nitrogens is 1. The van der Waals surface area contributed by atoms with Gasteiger partial charge in [-0.25, -0.2) is 0 Å². The maximum Gasteiger partial charge on any atom is 0.253 e. The second-order valence-corrected chi connectivity index (χ2v) is 4.43. The molecule has 0 spiro atoms. The van der Waals surface area contributed by atoms with Crippen LogP contribution in [0.5, 0.6) is 0 Å². The van der Waals surface area contributed by atoms with E-state index in [0.29, 0.717) is 21.4 Å². The fraction of sp³-hybridized carbons (Fsp3) is 0.200. The average molecular weight is 286 g/mol. The van der Waals surface area contributed by atoms with Gasteiger partial charge in [-0.15, -0.1) is 10.2 Å². The fourth-order valence-electron chi connectivity index (χ4n) is 1.37. The largest absolute Gasteiger partial charge is 0.342 e. The van der Waals surface area contributed by atoms with E-state index in [0.717, 1.165) is 0 Å². The Morgan fingerprint density at radius 1 is 1.44 bits per heavy atom. The number of nitrogens with zero attached hydrogens (tertiary/aromatic N) is 3. The van der Waals surface area contributed by atoms with Crippen molar-refractivity contribution in [1.29, 1.82) is 0 Å². The zero-order valence-electron chi connectivity index (χ0n) is 9.32. The molecule has 2 rings (SSSR count). The summed E-state index contributed by atoms with van der Waals surface area (Å²) in [5.41, 5.74) is 0.344. The summed E-state index contributed by atoms with van der Waals surface area (Å²) in [5.74, 6) is 0.0717. The summed E-state index contributed by atoms with van der Waals surface area (Å²) in [4.78, 5) is 12.0. The Bertz CT molecular complexity index is 557. The fourth-order valence-corrected chi connectivity index (χ4v) is 1.86. The quantitative estimate of drug-likeness (QED) is 0.903. The van der Waals surface area contributed by atoms with Crippen LogP contribution in [-0.4, -0.2) is 26.5 Å². The van der Waals surface area contributed by atoms with Gasteiger partial charge in [-0.2, -0.15) is 5.21 Å². The Morgan fingerprint density at radius 3 is 2.83 bits per heavy atom. The van der Waals surface area contributed by atoms with E-state index in [1.807, 2.05) is 0 Å². The van der Waals surface area contributed by atoms with Crippen molar-refractivity contribution in [2.24, 2.45) is 0 Å². The third-order valence-electron chi connectivity index (χ3n) is 2.27. The number of hydrogen-bond donors (Lipinski definition) is 2. The Morgan fingerprint density at radius 2 is 2.22 bits per heavy atom. The molecule has 1 heterocycles. The maximum atomic E-state index is 12.0. The number of nitrogens with one attached hydrogen (secondary N) is 2. The summed E-state index contributed by atoms with van der Waals surface area (Å²) in [5, 5.41) is 16.8. The average Bonchev–Trinajstić information content (AvgIpc) is 2.81. The number of aromatic amines is 1. The van der Waals surface area contributed by atoms with Gasteiger partial charge in [0, 0.05) is 5.02 Å². The van der Waals surface area contributed by atoms with Crippen molar-refractivity contribution in [1.82, 2.24) is 25.9 Å². The van der Waals surface area contributed by atoms with E-state index >= 15 is 0 Å². The lowest BCUT2D eigenvalue weighted by Gasteiger charge is -2.10. The monoisotopic (exact) mass is 285 g/mol. The minimum absolute atomic E-state index is 0.292. The Balaban J connectivity index is 2.12. The van der Waals surface area contributed by atoms with Crippen LogP contribution in [0.3, 0.4) is 0 Å². The molecular weight excluding hydrogens is 277 g/mol. The second kappa shape index (κ2) is 5.32. The highest BCUT2D eigenvalue weighted by Gasteiger charge is 2.16. The number of rotatable bonds is 3. The SMILES string of the molecule is CC(NC(=O)c1ccc(Cl)cc1Cl)c1nn[nH]n1. The third kappa shape index (κ3) is 2.77. The van der Waals surface area contributed by atoms with Gasteiger partial charge in [-0.1, -0.05) is 28.4 Å². The molecule has 94 valence electrons. The van der Waals surface area contributed by atoms with Crippen molar-refractivity contribution in [3.05, 3.63) is 39.6 Å². The number of tetrazole rings is 1. The van der Waals surface area contributed by atoms with Gasteiger partial charge in [-0.05, 0) is 25.1 Å². The van der Waals surface area contributed by atoms with Crippen molar-refractivity contribution in [3.63, 3.8) is 0 Å². The van der Waals surface area contributed by atoms with Crippen molar-refractivity contribution in [3.8, 4) is 0 Å². The van der Waals surface area contributed by atoms with E-state index in [2.05, 4.69) is 25.9 Å². The van der Waals surface area contributed by atoms with Gasteiger partial charge >= 0.3 is 0 Å². The summed E-state index contributed by atoms with van der Waals surface area (Å²) >= 11 is 11.7. The Labute approximate surface area is 113 Å². The minimum Gasteiger partial charge on any atom is -0.342 e. The van der Waals surface area contributed by atoms with Gasteiger partial charge in [0.15, 0.2) is 5.82 Å². The predicted molar refractivity (Wildman–Crippen MR) is 66.5 cm³/mol. The lowest BCUT2D eigenvalue weighted by molar-refractivity contribution is 0.0938. The van der Waals surface area contributed by atoms with Crippen LogP contribution >= 0.6 is 23.2 Å². The minimum atomic E-state index is -0.372. The smallest absolute Gasteiger partial charge is 0.253 e. The van der Waals surface area contributed by atoms with Gasteiger partial charge in [0.05, 0.1) is 16.6 Å². The number of aromatic nitrogens is 4. The molecule has 6 nitrogen and oxygen atoms in total. The van der Waals surface area contributed by atoms with Crippen molar-refractivity contribution in [2.75, 3.05) is 0 Å². The summed E-state index contributed by atoms with van der Waals surface area (Å²) in [6.45, 7) is 1.74. The second-order valence-electron chi connectivity index (χ2n) is 3.59. The molecule has 1 aromatic carbocycles. The van der Waals surface area contributed by atoms with Gasteiger partial charge in [-0.3, -0.25) is 4.79 Å². The van der Waals surface area contributed by atoms with Crippen LogP contribution in [0.4, 0.5) is 0 Å². The summed E-state index contributed by atoms with van der Waals surface area (Å²) in [7, 11) is 0. The molecule has 18 heavy (non-hydrogen) atoms. The van der Waals surface area contributed by atoms with E-state index in [-0.39, 0.29) is 11.9 Å². The van der Waals surface area contributed by atoms with E-state index in [1.54, 1.807) is 19.1 Å². The van der Waals surface area contributed by atoms with Gasteiger partial charge < -0.3 is 5.32 Å². The molecule has 0 aliphatic rings. The number of halogens is 2. The van der Waals surface area contributed by atoms with Gasteiger partial charge in [0.2, 0.25) is 0 Å². The van der Waals surface area contributed by atoms with Crippen LogP contribution < -0.4 is 5.32 Å². The van der Waals surface area contributed by atoms with E-state index in [4.69, 9.17) is 23.2 Å². The van der Waals surface area contributed by atoms with Crippen LogP contribution in [0.15, 0.2) is 18.2 Å². The molecular formula is C10H9Cl2N5O. The first kappa shape index (κ1) is 12.8. The molecule has 0 aliphatic heterocycles. The predicted octanol–water partition coefficient (Wildman–Crippen LogP) is 2.00. The summed E-state index contributed by atoms with van der Waals surface area (Å²) < 4.78 is 0. The van der Waals surface area contributed by atoms with E-state index < -0.39 is 0 Å². The lowest BCUT2D eigenvalue weighted by Crippen LogP contribution is -2.27. The topological polar surface area (TPSA) is 83.6 Å². The van der Waals surface area contributed by atoms with E-state index in [1.165, 1.54) is 6.07 Å². The highest BCUT2D eigenvalue weighted by Crippen LogP contribution is 2.21. The maximum absolute atomic E-state index is 12.0. The molecule has 1 aromatic heterocycles. The molecule has 1 unspecified atom stereocenters. The number of benzene rings is 1.